The van der Waals surface area contributed by atoms with E-state index in [2.05, 4.69) is 21.9 Å². The minimum absolute atomic E-state index is 0.133. The van der Waals surface area contributed by atoms with Gasteiger partial charge in [-0.3, -0.25) is 19.6 Å². The van der Waals surface area contributed by atoms with Crippen LogP contribution in [-0.4, -0.2) is 75.7 Å². The molecule has 146 valence electrons. The molecule has 2 aromatic rings. The van der Waals surface area contributed by atoms with Crippen LogP contribution >= 0.6 is 0 Å². The summed E-state index contributed by atoms with van der Waals surface area (Å²) < 4.78 is 6.79. The Morgan fingerprint density at radius 1 is 1.26 bits per heavy atom. The average Bonchev–Trinajstić information content (AvgIpc) is 3.09. The second-order valence-corrected chi connectivity index (χ2v) is 7.63. The fraction of sp³-hybridized carbons (Fsp3) is 0.632. The maximum absolute atomic E-state index is 12.9. The van der Waals surface area contributed by atoms with E-state index < -0.39 is 0 Å². The Morgan fingerprint density at radius 2 is 1.96 bits per heavy atom. The van der Waals surface area contributed by atoms with Crippen molar-refractivity contribution in [2.45, 2.75) is 32.7 Å². The molecule has 0 radical (unpaired) electrons. The summed E-state index contributed by atoms with van der Waals surface area (Å²) in [5.74, 6) is 0.353. The quantitative estimate of drug-likeness (QED) is 0.865. The van der Waals surface area contributed by atoms with Gasteiger partial charge in [-0.1, -0.05) is 0 Å². The molecule has 1 atom stereocenters. The molecule has 2 fully saturated rings. The Kier molecular flexibility index (Phi) is 5.01. The van der Waals surface area contributed by atoms with Gasteiger partial charge in [0.05, 0.1) is 13.2 Å². The minimum atomic E-state index is -0.332. The largest absolute Gasteiger partial charge is 0.379 e. The zero-order valence-corrected chi connectivity index (χ0v) is 16.0. The second-order valence-electron chi connectivity index (χ2n) is 7.63. The van der Waals surface area contributed by atoms with Crippen molar-refractivity contribution in [2.24, 2.45) is 5.92 Å². The van der Waals surface area contributed by atoms with Crippen molar-refractivity contribution in [3.63, 3.8) is 0 Å². The molecule has 8 nitrogen and oxygen atoms in total. The van der Waals surface area contributed by atoms with Crippen molar-refractivity contribution in [1.29, 1.82) is 0 Å². The molecule has 0 saturated carbocycles. The molecule has 2 saturated heterocycles. The summed E-state index contributed by atoms with van der Waals surface area (Å²) in [4.78, 5) is 34.0. The first-order chi connectivity index (χ1) is 13.0. The predicted octanol–water partition coefficient (Wildman–Crippen LogP) is 0.904. The summed E-state index contributed by atoms with van der Waals surface area (Å²) in [6.45, 7) is 9.09. The van der Waals surface area contributed by atoms with Gasteiger partial charge >= 0.3 is 0 Å². The number of fused-ring (bicyclic) bond motifs is 1. The number of hydrogen-bond donors (Lipinski definition) is 1. The van der Waals surface area contributed by atoms with E-state index in [4.69, 9.17) is 4.74 Å². The Bertz CT molecular complexity index is 875. The lowest BCUT2D eigenvalue weighted by molar-refractivity contribution is -0.000965. The maximum Gasteiger partial charge on any atom is 0.285 e. The predicted molar refractivity (Wildman–Crippen MR) is 101 cm³/mol. The molecular formula is C19H27N5O3. The van der Waals surface area contributed by atoms with Gasteiger partial charge in [-0.15, -0.1) is 0 Å². The third-order valence-corrected chi connectivity index (χ3v) is 5.98. The van der Waals surface area contributed by atoms with E-state index >= 15 is 0 Å². The summed E-state index contributed by atoms with van der Waals surface area (Å²) >= 11 is 0. The minimum Gasteiger partial charge on any atom is -0.379 e. The van der Waals surface area contributed by atoms with E-state index in [1.807, 2.05) is 6.92 Å². The zero-order valence-electron chi connectivity index (χ0n) is 16.0. The van der Waals surface area contributed by atoms with Crippen LogP contribution in [0, 0.1) is 12.8 Å². The standard InChI is InChI=1S/C19H27N5O3/c1-13-11-17-20-12-16(19(26)24(17)21-13)18(25)23-5-3-15(4-6-23)14(2)22-7-9-27-10-8-22/h11-12,14-15,21H,3-10H2,1-2H3. The lowest BCUT2D eigenvalue weighted by atomic mass is 9.89. The molecule has 4 rings (SSSR count). The van der Waals surface area contributed by atoms with Gasteiger partial charge in [-0.2, -0.15) is 0 Å². The molecule has 2 aliphatic rings. The number of carbonyl (C=O) groups excluding carboxylic acids is 1. The number of carbonyl (C=O) groups is 1. The van der Waals surface area contributed by atoms with Crippen molar-refractivity contribution < 1.29 is 9.53 Å². The molecule has 2 aromatic heterocycles. The zero-order chi connectivity index (χ0) is 19.0. The first-order valence-electron chi connectivity index (χ1n) is 9.73. The van der Waals surface area contributed by atoms with Crippen molar-refractivity contribution >= 4 is 11.6 Å². The molecule has 0 spiro atoms. The summed E-state index contributed by atoms with van der Waals surface area (Å²) in [5.41, 5.74) is 1.17. The van der Waals surface area contributed by atoms with E-state index in [1.54, 1.807) is 11.0 Å². The van der Waals surface area contributed by atoms with Crippen LogP contribution in [0.3, 0.4) is 0 Å². The van der Waals surface area contributed by atoms with E-state index in [0.29, 0.717) is 30.7 Å². The normalized spacial score (nSPS) is 20.9. The van der Waals surface area contributed by atoms with Gasteiger partial charge in [-0.05, 0) is 32.6 Å². The Labute approximate surface area is 158 Å². The van der Waals surface area contributed by atoms with Crippen LogP contribution in [-0.2, 0) is 4.74 Å². The number of aromatic nitrogens is 3. The van der Waals surface area contributed by atoms with Crippen LogP contribution in [0.4, 0.5) is 0 Å². The monoisotopic (exact) mass is 373 g/mol. The number of aryl methyl sites for hydroxylation is 1. The summed E-state index contributed by atoms with van der Waals surface area (Å²) in [7, 11) is 0. The van der Waals surface area contributed by atoms with Gasteiger partial charge in [0.25, 0.3) is 11.5 Å². The molecule has 1 unspecified atom stereocenters. The Hall–Kier alpha value is -2.19. The molecule has 0 bridgehead atoms. The second kappa shape index (κ2) is 7.44. The summed E-state index contributed by atoms with van der Waals surface area (Å²) in [5, 5.41) is 2.94. The van der Waals surface area contributed by atoms with E-state index in [-0.39, 0.29) is 17.0 Å². The van der Waals surface area contributed by atoms with Crippen LogP contribution < -0.4 is 5.56 Å². The van der Waals surface area contributed by atoms with Crippen molar-refractivity contribution in [2.75, 3.05) is 39.4 Å². The van der Waals surface area contributed by atoms with Gasteiger partial charge in [-0.25, -0.2) is 9.50 Å². The van der Waals surface area contributed by atoms with Crippen molar-refractivity contribution in [3.8, 4) is 0 Å². The van der Waals surface area contributed by atoms with Gasteiger partial charge in [0.15, 0.2) is 5.65 Å². The number of ether oxygens (including phenoxy) is 1. The smallest absolute Gasteiger partial charge is 0.285 e. The molecule has 0 aromatic carbocycles. The van der Waals surface area contributed by atoms with Crippen LogP contribution in [0.1, 0.15) is 35.8 Å². The number of nitrogens with zero attached hydrogens (tertiary/aromatic N) is 4. The van der Waals surface area contributed by atoms with E-state index in [0.717, 1.165) is 44.8 Å². The number of hydrogen-bond acceptors (Lipinski definition) is 5. The van der Waals surface area contributed by atoms with Gasteiger partial charge in [0, 0.05) is 50.2 Å². The molecule has 4 heterocycles. The molecular weight excluding hydrogens is 346 g/mol. The highest BCUT2D eigenvalue weighted by atomic mass is 16.5. The number of H-pyrrole nitrogens is 1. The Balaban J connectivity index is 1.43. The number of likely N-dealkylation sites (tertiary alicyclic amines) is 1. The van der Waals surface area contributed by atoms with Crippen LogP contribution in [0.15, 0.2) is 17.1 Å². The van der Waals surface area contributed by atoms with Crippen LogP contribution in [0.2, 0.25) is 0 Å². The van der Waals surface area contributed by atoms with Crippen molar-refractivity contribution in [1.82, 2.24) is 24.4 Å². The number of amides is 1. The topological polar surface area (TPSA) is 82.9 Å². The first-order valence-corrected chi connectivity index (χ1v) is 9.73. The molecule has 1 N–H and O–H groups in total. The molecule has 1 amide bonds. The average molecular weight is 373 g/mol. The third-order valence-electron chi connectivity index (χ3n) is 5.98. The van der Waals surface area contributed by atoms with Gasteiger partial charge < -0.3 is 9.64 Å². The van der Waals surface area contributed by atoms with Crippen molar-refractivity contribution in [3.05, 3.63) is 33.9 Å². The molecule has 27 heavy (non-hydrogen) atoms. The number of nitrogens with one attached hydrogen (secondary N) is 1. The lowest BCUT2D eigenvalue weighted by Gasteiger charge is -2.41. The fourth-order valence-corrected chi connectivity index (χ4v) is 4.27. The fourth-order valence-electron chi connectivity index (χ4n) is 4.27. The van der Waals surface area contributed by atoms with E-state index in [1.165, 1.54) is 10.7 Å². The van der Waals surface area contributed by atoms with Crippen LogP contribution in [0.5, 0.6) is 0 Å². The Morgan fingerprint density at radius 3 is 2.67 bits per heavy atom. The number of piperidine rings is 1. The third kappa shape index (κ3) is 3.51. The highest BCUT2D eigenvalue weighted by molar-refractivity contribution is 5.93. The highest BCUT2D eigenvalue weighted by Gasteiger charge is 2.31. The lowest BCUT2D eigenvalue weighted by Crippen LogP contribution is -2.49. The molecule has 2 aliphatic heterocycles. The molecule has 8 heteroatoms. The summed E-state index contributed by atoms with van der Waals surface area (Å²) in [6.07, 6.45) is 3.33. The van der Waals surface area contributed by atoms with E-state index in [9.17, 15) is 9.59 Å². The summed E-state index contributed by atoms with van der Waals surface area (Å²) in [6, 6.07) is 2.28. The van der Waals surface area contributed by atoms with Gasteiger partial charge in [0.1, 0.15) is 5.56 Å². The number of aromatic amines is 1. The highest BCUT2D eigenvalue weighted by Crippen LogP contribution is 2.25. The van der Waals surface area contributed by atoms with Gasteiger partial charge in [0.2, 0.25) is 0 Å². The maximum atomic E-state index is 12.9. The number of rotatable bonds is 3. The number of morpholine rings is 1. The first kappa shape index (κ1) is 18.2. The van der Waals surface area contributed by atoms with Crippen LogP contribution in [0.25, 0.3) is 5.65 Å². The molecule has 0 aliphatic carbocycles. The SMILES string of the molecule is Cc1cc2ncc(C(=O)N3CCC(C(C)N4CCOCC4)CC3)c(=O)n2[nH]1.